The molecule has 0 saturated carbocycles. The molecule has 0 fully saturated rings. The summed E-state index contributed by atoms with van der Waals surface area (Å²) in [4.78, 5) is 0. The summed E-state index contributed by atoms with van der Waals surface area (Å²) >= 11 is 5.26. The molecule has 0 radical (unpaired) electrons. The van der Waals surface area contributed by atoms with Crippen molar-refractivity contribution in [2.45, 2.75) is 12.2 Å². The maximum atomic E-state index is 5.83. The number of nitrogen functional groups attached to an aromatic ring is 1. The van der Waals surface area contributed by atoms with Crippen LogP contribution in [0.15, 0.2) is 22.7 Å². The number of benzene rings is 1. The molecule has 2 nitrogen and oxygen atoms in total. The van der Waals surface area contributed by atoms with Gasteiger partial charge < -0.3 is 11.1 Å². The van der Waals surface area contributed by atoms with E-state index >= 15 is 0 Å². The smallest absolute Gasteiger partial charge is 0.0585 e. The van der Waals surface area contributed by atoms with Gasteiger partial charge in [0.2, 0.25) is 0 Å². The lowest BCUT2D eigenvalue weighted by atomic mass is 10.2. The summed E-state index contributed by atoms with van der Waals surface area (Å²) in [6, 6.07) is 5.84. The second-order valence-corrected chi connectivity index (χ2v) is 5.35. The van der Waals surface area contributed by atoms with Crippen LogP contribution in [0.3, 0.4) is 0 Å². The van der Waals surface area contributed by atoms with Crippen molar-refractivity contribution in [2.75, 3.05) is 23.9 Å². The Hall–Kier alpha value is -0.350. The molecule has 14 heavy (non-hydrogen) atoms. The average molecular weight is 275 g/mol. The maximum absolute atomic E-state index is 5.83. The SMILES string of the molecule is CSC(C)CNc1cc(Br)ccc1N. The Morgan fingerprint density at radius 2 is 2.29 bits per heavy atom. The Labute approximate surface area is 97.8 Å². The van der Waals surface area contributed by atoms with Crippen LogP contribution in [-0.2, 0) is 0 Å². The third kappa shape index (κ3) is 3.42. The van der Waals surface area contributed by atoms with Crippen LogP contribution in [-0.4, -0.2) is 18.1 Å². The summed E-state index contributed by atoms with van der Waals surface area (Å²) in [6.45, 7) is 3.12. The van der Waals surface area contributed by atoms with E-state index in [4.69, 9.17) is 5.73 Å². The molecular weight excluding hydrogens is 260 g/mol. The minimum Gasteiger partial charge on any atom is -0.397 e. The molecule has 0 aliphatic heterocycles. The minimum atomic E-state index is 0.591. The highest BCUT2D eigenvalue weighted by atomic mass is 79.9. The normalized spacial score (nSPS) is 12.5. The fourth-order valence-corrected chi connectivity index (χ4v) is 1.63. The first-order chi connectivity index (χ1) is 6.63. The Kier molecular flexibility index (Phi) is 4.62. The van der Waals surface area contributed by atoms with Crippen molar-refractivity contribution in [3.05, 3.63) is 22.7 Å². The molecule has 1 aromatic carbocycles. The monoisotopic (exact) mass is 274 g/mol. The van der Waals surface area contributed by atoms with Crippen molar-refractivity contribution < 1.29 is 0 Å². The largest absolute Gasteiger partial charge is 0.397 e. The van der Waals surface area contributed by atoms with Gasteiger partial charge in [-0.3, -0.25) is 0 Å². The maximum Gasteiger partial charge on any atom is 0.0585 e. The lowest BCUT2D eigenvalue weighted by molar-refractivity contribution is 1.00. The van der Waals surface area contributed by atoms with Crippen LogP contribution in [0.4, 0.5) is 11.4 Å². The third-order valence-corrected chi connectivity index (χ3v) is 3.46. The number of thioether (sulfide) groups is 1. The summed E-state index contributed by atoms with van der Waals surface area (Å²) in [5.74, 6) is 0. The van der Waals surface area contributed by atoms with E-state index < -0.39 is 0 Å². The molecule has 3 N–H and O–H groups in total. The van der Waals surface area contributed by atoms with Gasteiger partial charge in [0.05, 0.1) is 11.4 Å². The molecule has 1 atom stereocenters. The van der Waals surface area contributed by atoms with Crippen LogP contribution in [0.1, 0.15) is 6.92 Å². The van der Waals surface area contributed by atoms with Crippen molar-refractivity contribution in [3.8, 4) is 0 Å². The third-order valence-electron chi connectivity index (χ3n) is 2.00. The number of hydrogen-bond donors (Lipinski definition) is 2. The molecule has 0 aliphatic rings. The molecule has 0 saturated heterocycles. The lowest BCUT2D eigenvalue weighted by Gasteiger charge is -2.13. The lowest BCUT2D eigenvalue weighted by Crippen LogP contribution is -2.13. The van der Waals surface area contributed by atoms with E-state index in [1.165, 1.54) is 0 Å². The van der Waals surface area contributed by atoms with Crippen molar-refractivity contribution >= 4 is 39.1 Å². The molecular formula is C10H15BrN2S. The zero-order valence-electron chi connectivity index (χ0n) is 8.38. The summed E-state index contributed by atoms with van der Waals surface area (Å²) in [6.07, 6.45) is 2.11. The van der Waals surface area contributed by atoms with E-state index in [9.17, 15) is 0 Å². The average Bonchev–Trinajstić information content (AvgIpc) is 2.19. The number of rotatable bonds is 4. The second-order valence-electron chi connectivity index (χ2n) is 3.16. The topological polar surface area (TPSA) is 38.0 Å². The number of anilines is 2. The summed E-state index contributed by atoms with van der Waals surface area (Å²) in [5, 5.41) is 3.92. The highest BCUT2D eigenvalue weighted by Gasteiger charge is 2.02. The first kappa shape index (κ1) is 11.7. The molecule has 78 valence electrons. The first-order valence-corrected chi connectivity index (χ1v) is 6.53. The van der Waals surface area contributed by atoms with Gasteiger partial charge in [-0.25, -0.2) is 0 Å². The van der Waals surface area contributed by atoms with Crippen molar-refractivity contribution in [3.63, 3.8) is 0 Å². The number of nitrogens with two attached hydrogens (primary N) is 1. The Morgan fingerprint density at radius 3 is 2.93 bits per heavy atom. The van der Waals surface area contributed by atoms with Gasteiger partial charge in [-0.2, -0.15) is 11.8 Å². The molecule has 1 aromatic rings. The zero-order chi connectivity index (χ0) is 10.6. The standard InChI is InChI=1S/C10H15BrN2S/c1-7(14-2)6-13-10-5-8(11)3-4-9(10)12/h3-5,7,13H,6,12H2,1-2H3. The van der Waals surface area contributed by atoms with Crippen LogP contribution in [0.25, 0.3) is 0 Å². The highest BCUT2D eigenvalue weighted by Crippen LogP contribution is 2.23. The van der Waals surface area contributed by atoms with Crippen LogP contribution in [0.2, 0.25) is 0 Å². The molecule has 0 aliphatic carbocycles. The molecule has 1 rings (SSSR count). The number of nitrogens with one attached hydrogen (secondary N) is 1. The Balaban J connectivity index is 2.62. The van der Waals surface area contributed by atoms with Gasteiger partial charge in [-0.05, 0) is 24.5 Å². The van der Waals surface area contributed by atoms with Gasteiger partial charge in [0.1, 0.15) is 0 Å². The molecule has 0 bridgehead atoms. The Bertz CT molecular complexity index is 304. The van der Waals surface area contributed by atoms with E-state index in [-0.39, 0.29) is 0 Å². The van der Waals surface area contributed by atoms with E-state index in [0.717, 1.165) is 22.4 Å². The van der Waals surface area contributed by atoms with Crippen LogP contribution >= 0.6 is 27.7 Å². The van der Waals surface area contributed by atoms with E-state index in [2.05, 4.69) is 34.4 Å². The molecule has 4 heteroatoms. The molecule has 0 spiro atoms. The van der Waals surface area contributed by atoms with Crippen molar-refractivity contribution in [1.29, 1.82) is 0 Å². The fourth-order valence-electron chi connectivity index (χ4n) is 1.02. The summed E-state index contributed by atoms with van der Waals surface area (Å²) < 4.78 is 1.05. The Morgan fingerprint density at radius 1 is 1.57 bits per heavy atom. The van der Waals surface area contributed by atoms with Gasteiger partial charge in [0.25, 0.3) is 0 Å². The molecule has 0 heterocycles. The number of hydrogen-bond acceptors (Lipinski definition) is 3. The van der Waals surface area contributed by atoms with Crippen molar-refractivity contribution in [2.24, 2.45) is 0 Å². The number of halogens is 1. The fraction of sp³-hybridized carbons (Fsp3) is 0.400. The van der Waals surface area contributed by atoms with E-state index in [1.54, 1.807) is 0 Å². The van der Waals surface area contributed by atoms with Gasteiger partial charge in [-0.15, -0.1) is 0 Å². The molecule has 0 aromatic heterocycles. The molecule has 1 unspecified atom stereocenters. The van der Waals surface area contributed by atoms with Gasteiger partial charge in [0.15, 0.2) is 0 Å². The van der Waals surface area contributed by atoms with Crippen LogP contribution in [0.5, 0.6) is 0 Å². The van der Waals surface area contributed by atoms with Gasteiger partial charge >= 0.3 is 0 Å². The molecule has 0 amide bonds. The highest BCUT2D eigenvalue weighted by molar-refractivity contribution is 9.10. The van der Waals surface area contributed by atoms with Crippen molar-refractivity contribution in [1.82, 2.24) is 0 Å². The van der Waals surface area contributed by atoms with E-state index in [1.807, 2.05) is 30.0 Å². The second kappa shape index (κ2) is 5.51. The van der Waals surface area contributed by atoms with Crippen LogP contribution < -0.4 is 11.1 Å². The van der Waals surface area contributed by atoms with Gasteiger partial charge in [0, 0.05) is 16.3 Å². The minimum absolute atomic E-state index is 0.591. The zero-order valence-corrected chi connectivity index (χ0v) is 10.8. The summed E-state index contributed by atoms with van der Waals surface area (Å²) in [5.41, 5.74) is 7.62. The quantitative estimate of drug-likeness (QED) is 0.829. The summed E-state index contributed by atoms with van der Waals surface area (Å²) in [7, 11) is 0. The predicted octanol–water partition coefficient (Wildman–Crippen LogP) is 3.19. The van der Waals surface area contributed by atoms with E-state index in [0.29, 0.717) is 5.25 Å². The van der Waals surface area contributed by atoms with Crippen LogP contribution in [0, 0.1) is 0 Å². The predicted molar refractivity (Wildman–Crippen MR) is 70.0 cm³/mol. The first-order valence-electron chi connectivity index (χ1n) is 4.45. The van der Waals surface area contributed by atoms with Gasteiger partial charge in [-0.1, -0.05) is 22.9 Å².